The van der Waals surface area contributed by atoms with E-state index in [4.69, 9.17) is 9.47 Å². The molecule has 0 fully saturated rings. The number of benzene rings is 2. The van der Waals surface area contributed by atoms with Crippen LogP contribution in [0.4, 0.5) is 0 Å². The molecule has 1 unspecified atom stereocenters. The number of unbranched alkanes of at least 4 members (excludes halogenated alkanes) is 1. The van der Waals surface area contributed by atoms with Crippen molar-refractivity contribution in [2.24, 2.45) is 0 Å². The van der Waals surface area contributed by atoms with Gasteiger partial charge in [-0.1, -0.05) is 37.6 Å². The predicted octanol–water partition coefficient (Wildman–Crippen LogP) is 3.72. The molecular formula is C24H32N2O4. The fraction of sp³-hybridized carbons (Fsp3) is 0.417. The molecule has 1 N–H and O–H groups in total. The van der Waals surface area contributed by atoms with E-state index in [0.29, 0.717) is 18.0 Å². The number of carbonyl (C=O) groups excluding carboxylic acids is 2. The largest absolute Gasteiger partial charge is 0.497 e. The summed E-state index contributed by atoms with van der Waals surface area (Å²) in [4.78, 5) is 27.2. The summed E-state index contributed by atoms with van der Waals surface area (Å²) in [7, 11) is 1.60. The average Bonchev–Trinajstić information content (AvgIpc) is 2.75. The van der Waals surface area contributed by atoms with Crippen molar-refractivity contribution >= 4 is 11.8 Å². The Kier molecular flexibility index (Phi) is 9.19. The topological polar surface area (TPSA) is 67.9 Å². The normalized spacial score (nSPS) is 11.5. The minimum atomic E-state index is -0.623. The molecule has 162 valence electrons. The number of aryl methyl sites for hydroxylation is 1. The summed E-state index contributed by atoms with van der Waals surface area (Å²) in [5.41, 5.74) is 1.93. The molecular weight excluding hydrogens is 380 g/mol. The maximum Gasteiger partial charge on any atom is 0.261 e. The van der Waals surface area contributed by atoms with Crippen LogP contribution in [0, 0.1) is 6.92 Å². The molecule has 0 aromatic heterocycles. The summed E-state index contributed by atoms with van der Waals surface area (Å²) < 4.78 is 11.0. The number of carbonyl (C=O) groups is 2. The van der Waals surface area contributed by atoms with E-state index in [0.717, 1.165) is 24.0 Å². The van der Waals surface area contributed by atoms with Crippen LogP contribution in [0.5, 0.6) is 11.5 Å². The highest BCUT2D eigenvalue weighted by atomic mass is 16.5. The van der Waals surface area contributed by atoms with Crippen molar-refractivity contribution in [3.63, 3.8) is 0 Å². The van der Waals surface area contributed by atoms with Crippen LogP contribution in [0.2, 0.25) is 0 Å². The molecule has 6 heteroatoms. The van der Waals surface area contributed by atoms with Crippen molar-refractivity contribution in [2.75, 3.05) is 20.3 Å². The van der Waals surface area contributed by atoms with Crippen LogP contribution in [0.25, 0.3) is 0 Å². The maximum atomic E-state index is 13.0. The third-order valence-corrected chi connectivity index (χ3v) is 4.84. The molecule has 2 aromatic rings. The van der Waals surface area contributed by atoms with Gasteiger partial charge in [0.2, 0.25) is 5.91 Å². The van der Waals surface area contributed by atoms with Crippen LogP contribution in [-0.4, -0.2) is 43.0 Å². The molecule has 0 saturated heterocycles. The Morgan fingerprint density at radius 1 is 1.10 bits per heavy atom. The summed E-state index contributed by atoms with van der Waals surface area (Å²) in [5.74, 6) is 0.911. The number of methoxy groups -OCH3 is 1. The van der Waals surface area contributed by atoms with Gasteiger partial charge >= 0.3 is 0 Å². The molecule has 2 amide bonds. The second-order valence-corrected chi connectivity index (χ2v) is 7.30. The van der Waals surface area contributed by atoms with Gasteiger partial charge in [0.25, 0.3) is 5.91 Å². The molecule has 0 saturated carbocycles. The van der Waals surface area contributed by atoms with E-state index in [2.05, 4.69) is 12.2 Å². The molecule has 0 heterocycles. The number of rotatable bonds is 11. The lowest BCUT2D eigenvalue weighted by Gasteiger charge is -2.29. The maximum absolute atomic E-state index is 13.0. The van der Waals surface area contributed by atoms with Crippen molar-refractivity contribution in [3.8, 4) is 11.5 Å². The molecule has 0 aliphatic heterocycles. The van der Waals surface area contributed by atoms with Gasteiger partial charge in [-0.15, -0.1) is 0 Å². The highest BCUT2D eigenvalue weighted by molar-refractivity contribution is 5.87. The summed E-state index contributed by atoms with van der Waals surface area (Å²) in [6.45, 7) is 6.52. The zero-order valence-electron chi connectivity index (χ0n) is 18.3. The summed E-state index contributed by atoms with van der Waals surface area (Å²) >= 11 is 0. The number of nitrogens with one attached hydrogen (secondary N) is 1. The Morgan fingerprint density at radius 3 is 2.53 bits per heavy atom. The van der Waals surface area contributed by atoms with Crippen molar-refractivity contribution in [3.05, 3.63) is 59.7 Å². The molecule has 2 rings (SSSR count). The van der Waals surface area contributed by atoms with Crippen molar-refractivity contribution in [2.45, 2.75) is 46.2 Å². The molecule has 0 aliphatic rings. The van der Waals surface area contributed by atoms with E-state index in [1.165, 1.54) is 0 Å². The number of ether oxygens (including phenoxy) is 2. The predicted molar refractivity (Wildman–Crippen MR) is 118 cm³/mol. The number of hydrogen-bond donors (Lipinski definition) is 1. The highest BCUT2D eigenvalue weighted by Crippen LogP contribution is 2.17. The van der Waals surface area contributed by atoms with E-state index in [1.807, 2.05) is 55.5 Å². The minimum absolute atomic E-state index is 0.139. The quantitative estimate of drug-likeness (QED) is 0.571. The third-order valence-electron chi connectivity index (χ3n) is 4.84. The van der Waals surface area contributed by atoms with E-state index in [-0.39, 0.29) is 25.0 Å². The van der Waals surface area contributed by atoms with E-state index in [9.17, 15) is 9.59 Å². The molecule has 0 aliphatic carbocycles. The molecule has 0 bridgehead atoms. The molecule has 1 atom stereocenters. The molecule has 0 spiro atoms. The van der Waals surface area contributed by atoms with Crippen LogP contribution < -0.4 is 14.8 Å². The first-order valence-electron chi connectivity index (χ1n) is 10.3. The first kappa shape index (κ1) is 23.3. The van der Waals surface area contributed by atoms with Gasteiger partial charge in [-0.2, -0.15) is 0 Å². The van der Waals surface area contributed by atoms with Gasteiger partial charge in [-0.05, 0) is 55.7 Å². The Balaban J connectivity index is 2.13. The van der Waals surface area contributed by atoms with E-state index < -0.39 is 6.04 Å². The van der Waals surface area contributed by atoms with Crippen LogP contribution in [0.3, 0.4) is 0 Å². The van der Waals surface area contributed by atoms with Gasteiger partial charge in [0, 0.05) is 13.1 Å². The first-order valence-corrected chi connectivity index (χ1v) is 10.3. The zero-order chi connectivity index (χ0) is 21.9. The molecule has 30 heavy (non-hydrogen) atoms. The smallest absolute Gasteiger partial charge is 0.261 e. The fourth-order valence-electron chi connectivity index (χ4n) is 3.02. The fourth-order valence-corrected chi connectivity index (χ4v) is 3.02. The SMILES string of the molecule is CCCCNC(=O)C(C)N(Cc1cccc(OC)c1)C(=O)COc1cccc(C)c1. The standard InChI is InChI=1S/C24H32N2O4/c1-5-6-13-25-24(28)19(3)26(16-20-10-8-11-21(15-20)29-4)23(27)17-30-22-12-7-9-18(2)14-22/h7-12,14-15,19H,5-6,13,16-17H2,1-4H3,(H,25,28). The van der Waals surface area contributed by atoms with Crippen molar-refractivity contribution in [1.82, 2.24) is 10.2 Å². The van der Waals surface area contributed by atoms with E-state index in [1.54, 1.807) is 18.9 Å². The van der Waals surface area contributed by atoms with Gasteiger partial charge in [0.05, 0.1) is 7.11 Å². The lowest BCUT2D eigenvalue weighted by molar-refractivity contribution is -0.142. The van der Waals surface area contributed by atoms with Crippen LogP contribution >= 0.6 is 0 Å². The van der Waals surface area contributed by atoms with Gasteiger partial charge in [0.15, 0.2) is 6.61 Å². The second kappa shape index (κ2) is 11.9. The van der Waals surface area contributed by atoms with Gasteiger partial charge in [0.1, 0.15) is 17.5 Å². The van der Waals surface area contributed by atoms with Crippen molar-refractivity contribution < 1.29 is 19.1 Å². The summed E-state index contributed by atoms with van der Waals surface area (Å²) in [6.07, 6.45) is 1.89. The molecule has 2 aromatic carbocycles. The molecule has 6 nitrogen and oxygen atoms in total. The van der Waals surface area contributed by atoms with E-state index >= 15 is 0 Å². The summed E-state index contributed by atoms with van der Waals surface area (Å²) in [5, 5.41) is 2.91. The Hall–Kier alpha value is -3.02. The summed E-state index contributed by atoms with van der Waals surface area (Å²) in [6, 6.07) is 14.4. The highest BCUT2D eigenvalue weighted by Gasteiger charge is 2.26. The average molecular weight is 413 g/mol. The molecule has 0 radical (unpaired) electrons. The van der Waals surface area contributed by atoms with Crippen LogP contribution in [0.1, 0.15) is 37.8 Å². The van der Waals surface area contributed by atoms with Gasteiger partial charge in [-0.25, -0.2) is 0 Å². The third kappa shape index (κ3) is 7.10. The van der Waals surface area contributed by atoms with Gasteiger partial charge < -0.3 is 19.7 Å². The lowest BCUT2D eigenvalue weighted by atomic mass is 10.1. The Bertz CT molecular complexity index is 837. The Labute approximate surface area is 179 Å². The minimum Gasteiger partial charge on any atom is -0.497 e. The lowest BCUT2D eigenvalue weighted by Crippen LogP contribution is -2.49. The van der Waals surface area contributed by atoms with Crippen LogP contribution in [-0.2, 0) is 16.1 Å². The van der Waals surface area contributed by atoms with Crippen LogP contribution in [0.15, 0.2) is 48.5 Å². The first-order chi connectivity index (χ1) is 14.4. The zero-order valence-corrected chi connectivity index (χ0v) is 18.3. The second-order valence-electron chi connectivity index (χ2n) is 7.30. The number of nitrogens with zero attached hydrogens (tertiary/aromatic N) is 1. The Morgan fingerprint density at radius 2 is 1.83 bits per heavy atom. The monoisotopic (exact) mass is 412 g/mol. The number of amides is 2. The van der Waals surface area contributed by atoms with Crippen molar-refractivity contribution in [1.29, 1.82) is 0 Å². The van der Waals surface area contributed by atoms with Gasteiger partial charge in [-0.3, -0.25) is 9.59 Å². The number of hydrogen-bond acceptors (Lipinski definition) is 4.